The van der Waals surface area contributed by atoms with Gasteiger partial charge in [-0.1, -0.05) is 24.3 Å². The number of amides is 2. The Morgan fingerprint density at radius 1 is 0.933 bits per heavy atom. The van der Waals surface area contributed by atoms with E-state index in [2.05, 4.69) is 5.32 Å². The van der Waals surface area contributed by atoms with Gasteiger partial charge in [-0.2, -0.15) is 0 Å². The van der Waals surface area contributed by atoms with Crippen molar-refractivity contribution in [1.82, 2.24) is 10.2 Å². The summed E-state index contributed by atoms with van der Waals surface area (Å²) in [5.41, 5.74) is 1.94. The minimum Gasteiger partial charge on any atom is -0.497 e. The number of ether oxygens (including phenoxy) is 2. The van der Waals surface area contributed by atoms with Gasteiger partial charge in [-0.15, -0.1) is 0 Å². The predicted octanol–water partition coefficient (Wildman–Crippen LogP) is 2.99. The van der Waals surface area contributed by atoms with E-state index in [9.17, 15) is 9.59 Å². The topological polar surface area (TPSA) is 67.9 Å². The second-order valence-electron chi connectivity index (χ2n) is 7.50. The van der Waals surface area contributed by atoms with Gasteiger partial charge in [0.25, 0.3) is 0 Å². The Morgan fingerprint density at radius 3 is 2.07 bits per heavy atom. The van der Waals surface area contributed by atoms with Crippen molar-refractivity contribution in [3.63, 3.8) is 0 Å². The van der Waals surface area contributed by atoms with Crippen molar-refractivity contribution >= 4 is 11.8 Å². The van der Waals surface area contributed by atoms with Gasteiger partial charge in [-0.05, 0) is 55.2 Å². The lowest BCUT2D eigenvalue weighted by atomic mass is 10.0. The summed E-state index contributed by atoms with van der Waals surface area (Å²) >= 11 is 0. The summed E-state index contributed by atoms with van der Waals surface area (Å²) in [5.74, 6) is 1.74. The van der Waals surface area contributed by atoms with Crippen LogP contribution >= 0.6 is 0 Å². The number of carbonyl (C=O) groups excluding carboxylic acids is 2. The maximum Gasteiger partial charge on any atom is 0.226 e. The third kappa shape index (κ3) is 6.24. The van der Waals surface area contributed by atoms with Crippen molar-refractivity contribution in [3.05, 3.63) is 59.7 Å². The number of carbonyl (C=O) groups is 2. The second-order valence-corrected chi connectivity index (χ2v) is 7.50. The zero-order valence-corrected chi connectivity index (χ0v) is 17.7. The lowest BCUT2D eigenvalue weighted by molar-refractivity contribution is -0.131. The minimum absolute atomic E-state index is 0.0159. The number of nitrogens with one attached hydrogen (secondary N) is 1. The number of benzene rings is 2. The van der Waals surface area contributed by atoms with Crippen LogP contribution in [0.15, 0.2) is 48.5 Å². The van der Waals surface area contributed by atoms with E-state index in [1.54, 1.807) is 7.11 Å². The van der Waals surface area contributed by atoms with E-state index in [1.165, 1.54) is 0 Å². The quantitative estimate of drug-likeness (QED) is 0.727. The summed E-state index contributed by atoms with van der Waals surface area (Å²) in [4.78, 5) is 26.8. The van der Waals surface area contributed by atoms with Gasteiger partial charge in [0.05, 0.1) is 26.6 Å². The van der Waals surface area contributed by atoms with Gasteiger partial charge in [0, 0.05) is 19.1 Å². The number of methoxy groups -OCH3 is 1. The van der Waals surface area contributed by atoms with Crippen LogP contribution in [0.3, 0.4) is 0 Å². The number of likely N-dealkylation sites (tertiary alicyclic amines) is 1. The van der Waals surface area contributed by atoms with Gasteiger partial charge >= 0.3 is 0 Å². The van der Waals surface area contributed by atoms with Gasteiger partial charge in [0.1, 0.15) is 11.5 Å². The maximum atomic E-state index is 12.6. The van der Waals surface area contributed by atoms with Gasteiger partial charge < -0.3 is 19.7 Å². The van der Waals surface area contributed by atoms with Crippen molar-refractivity contribution in [2.75, 3.05) is 26.8 Å². The number of hydrogen-bond donors (Lipinski definition) is 1. The molecule has 0 saturated carbocycles. The highest BCUT2D eigenvalue weighted by Gasteiger charge is 2.24. The molecule has 0 bridgehead atoms. The summed E-state index contributed by atoms with van der Waals surface area (Å²) in [7, 11) is 1.63. The summed E-state index contributed by atoms with van der Waals surface area (Å²) in [6.45, 7) is 3.91. The van der Waals surface area contributed by atoms with Crippen LogP contribution < -0.4 is 14.8 Å². The molecule has 1 saturated heterocycles. The van der Waals surface area contributed by atoms with Crippen LogP contribution in [0.25, 0.3) is 0 Å². The van der Waals surface area contributed by atoms with Crippen LogP contribution in [0.1, 0.15) is 30.9 Å². The average molecular weight is 411 g/mol. The fourth-order valence-electron chi connectivity index (χ4n) is 3.64. The molecule has 0 radical (unpaired) electrons. The Balaban J connectivity index is 1.41. The summed E-state index contributed by atoms with van der Waals surface area (Å²) < 4.78 is 10.6. The van der Waals surface area contributed by atoms with Crippen molar-refractivity contribution in [2.45, 2.75) is 38.6 Å². The van der Waals surface area contributed by atoms with E-state index in [4.69, 9.17) is 9.47 Å². The Labute approximate surface area is 178 Å². The molecule has 0 aliphatic carbocycles. The van der Waals surface area contributed by atoms with Crippen molar-refractivity contribution in [2.24, 2.45) is 0 Å². The first-order chi connectivity index (χ1) is 14.6. The molecule has 0 spiro atoms. The van der Waals surface area contributed by atoms with E-state index < -0.39 is 0 Å². The van der Waals surface area contributed by atoms with Crippen LogP contribution in [0.4, 0.5) is 0 Å². The normalized spacial score (nSPS) is 14.3. The molecule has 1 aliphatic rings. The average Bonchev–Trinajstić information content (AvgIpc) is 2.76. The fraction of sp³-hybridized carbons (Fsp3) is 0.417. The molecule has 1 aliphatic heterocycles. The molecule has 30 heavy (non-hydrogen) atoms. The summed E-state index contributed by atoms with van der Waals surface area (Å²) in [6.07, 6.45) is 2.30. The second kappa shape index (κ2) is 10.7. The van der Waals surface area contributed by atoms with E-state index in [-0.39, 0.29) is 17.9 Å². The first-order valence-electron chi connectivity index (χ1n) is 10.5. The maximum absolute atomic E-state index is 12.6. The molecule has 2 amide bonds. The molecular formula is C24H30N2O4. The number of hydrogen-bond acceptors (Lipinski definition) is 4. The molecular weight excluding hydrogens is 380 g/mol. The molecule has 0 aromatic heterocycles. The molecule has 2 aromatic rings. The molecule has 1 fully saturated rings. The van der Waals surface area contributed by atoms with Gasteiger partial charge in [-0.3, -0.25) is 9.59 Å². The fourth-order valence-corrected chi connectivity index (χ4v) is 3.64. The van der Waals surface area contributed by atoms with Crippen molar-refractivity contribution in [3.8, 4) is 11.5 Å². The van der Waals surface area contributed by atoms with E-state index in [1.807, 2.05) is 60.4 Å². The number of rotatable bonds is 8. The van der Waals surface area contributed by atoms with E-state index in [0.29, 0.717) is 32.5 Å². The molecule has 6 heteroatoms. The SMILES string of the molecule is CCOc1ccc(CC(=O)NC2CCN(C(=O)Cc3ccc(OC)cc3)CC2)cc1. The highest BCUT2D eigenvalue weighted by Crippen LogP contribution is 2.16. The molecule has 2 aromatic carbocycles. The zero-order chi connectivity index (χ0) is 21.3. The van der Waals surface area contributed by atoms with Crippen LogP contribution in [-0.2, 0) is 22.4 Å². The molecule has 6 nitrogen and oxygen atoms in total. The zero-order valence-electron chi connectivity index (χ0n) is 17.7. The van der Waals surface area contributed by atoms with E-state index >= 15 is 0 Å². The third-order valence-corrected chi connectivity index (χ3v) is 5.33. The van der Waals surface area contributed by atoms with Crippen molar-refractivity contribution in [1.29, 1.82) is 0 Å². The van der Waals surface area contributed by atoms with Crippen LogP contribution in [0.2, 0.25) is 0 Å². The van der Waals surface area contributed by atoms with Crippen LogP contribution in [0.5, 0.6) is 11.5 Å². The lowest BCUT2D eigenvalue weighted by Gasteiger charge is -2.32. The van der Waals surface area contributed by atoms with Crippen molar-refractivity contribution < 1.29 is 19.1 Å². The number of nitrogens with zero attached hydrogens (tertiary/aromatic N) is 1. The molecule has 3 rings (SSSR count). The van der Waals surface area contributed by atoms with Gasteiger partial charge in [0.2, 0.25) is 11.8 Å². The van der Waals surface area contributed by atoms with Gasteiger partial charge in [0.15, 0.2) is 0 Å². The Bertz CT molecular complexity index is 825. The van der Waals surface area contributed by atoms with Crippen LogP contribution in [-0.4, -0.2) is 49.6 Å². The molecule has 1 heterocycles. The lowest BCUT2D eigenvalue weighted by Crippen LogP contribution is -2.47. The Kier molecular flexibility index (Phi) is 7.71. The molecule has 160 valence electrons. The van der Waals surface area contributed by atoms with Gasteiger partial charge in [-0.25, -0.2) is 0 Å². The predicted molar refractivity (Wildman–Crippen MR) is 116 cm³/mol. The molecule has 0 atom stereocenters. The molecule has 0 unspecified atom stereocenters. The first-order valence-corrected chi connectivity index (χ1v) is 10.5. The molecule has 1 N–H and O–H groups in total. The standard InChI is InChI=1S/C24H30N2O4/c1-3-30-22-10-6-18(7-11-22)16-23(27)25-20-12-14-26(15-13-20)24(28)17-19-4-8-21(29-2)9-5-19/h4-11,20H,3,12-17H2,1-2H3,(H,25,27). The summed E-state index contributed by atoms with van der Waals surface area (Å²) in [6, 6.07) is 15.3. The monoisotopic (exact) mass is 410 g/mol. The smallest absolute Gasteiger partial charge is 0.226 e. The Hall–Kier alpha value is -3.02. The van der Waals surface area contributed by atoms with Crippen LogP contribution in [0, 0.1) is 0 Å². The number of piperidine rings is 1. The largest absolute Gasteiger partial charge is 0.497 e. The summed E-state index contributed by atoms with van der Waals surface area (Å²) in [5, 5.41) is 3.11. The highest BCUT2D eigenvalue weighted by atomic mass is 16.5. The highest BCUT2D eigenvalue weighted by molar-refractivity contribution is 5.80. The Morgan fingerprint density at radius 2 is 1.50 bits per heavy atom. The van der Waals surface area contributed by atoms with E-state index in [0.717, 1.165) is 35.5 Å². The third-order valence-electron chi connectivity index (χ3n) is 5.33. The first kappa shape index (κ1) is 21.7. The minimum atomic E-state index is 0.0159.